The zero-order valence-corrected chi connectivity index (χ0v) is 18.5. The van der Waals surface area contributed by atoms with Crippen molar-refractivity contribution in [3.8, 4) is 5.75 Å². The summed E-state index contributed by atoms with van der Waals surface area (Å²) in [5, 5.41) is 5.31. The highest BCUT2D eigenvalue weighted by atomic mass is 16.5. The lowest BCUT2D eigenvalue weighted by Gasteiger charge is -2.35. The Labute approximate surface area is 182 Å². The minimum absolute atomic E-state index is 0.0770. The molecule has 4 heterocycles. The third-order valence-corrected chi connectivity index (χ3v) is 6.23. The maximum Gasteiger partial charge on any atom is 0.254 e. The number of ether oxygens (including phenoxy) is 1. The van der Waals surface area contributed by atoms with E-state index in [1.807, 2.05) is 22.6 Å². The number of nitrogens with zero attached hydrogens (tertiary/aromatic N) is 5. The molecule has 162 valence electrons. The molecule has 1 amide bonds. The van der Waals surface area contributed by atoms with Crippen molar-refractivity contribution in [1.29, 1.82) is 0 Å². The maximum atomic E-state index is 13.4. The Morgan fingerprint density at radius 3 is 2.74 bits per heavy atom. The van der Waals surface area contributed by atoms with Crippen molar-refractivity contribution in [2.24, 2.45) is 0 Å². The van der Waals surface area contributed by atoms with Crippen molar-refractivity contribution in [2.75, 3.05) is 32.8 Å². The second-order valence-electron chi connectivity index (χ2n) is 8.84. The van der Waals surface area contributed by atoms with Gasteiger partial charge in [-0.25, -0.2) is 9.67 Å². The van der Waals surface area contributed by atoms with Crippen molar-refractivity contribution in [3.05, 3.63) is 52.8 Å². The zero-order valence-electron chi connectivity index (χ0n) is 18.5. The van der Waals surface area contributed by atoms with Crippen LogP contribution in [0.5, 0.6) is 5.75 Å². The summed E-state index contributed by atoms with van der Waals surface area (Å²) in [4.78, 5) is 22.4. The molecular formula is C24H29N5O2. The van der Waals surface area contributed by atoms with Gasteiger partial charge in [-0.3, -0.25) is 9.69 Å². The van der Waals surface area contributed by atoms with E-state index in [2.05, 4.69) is 47.0 Å². The van der Waals surface area contributed by atoms with Crippen molar-refractivity contribution >= 4 is 16.9 Å². The number of pyridine rings is 1. The quantitative estimate of drug-likeness (QED) is 0.650. The van der Waals surface area contributed by atoms with Crippen LogP contribution in [-0.2, 0) is 13.0 Å². The van der Waals surface area contributed by atoms with Gasteiger partial charge in [-0.15, -0.1) is 0 Å². The van der Waals surface area contributed by atoms with E-state index in [1.54, 1.807) is 6.20 Å². The van der Waals surface area contributed by atoms with E-state index in [4.69, 9.17) is 4.74 Å². The highest BCUT2D eigenvalue weighted by molar-refractivity contribution is 6.05. The van der Waals surface area contributed by atoms with Crippen molar-refractivity contribution in [1.82, 2.24) is 24.6 Å². The van der Waals surface area contributed by atoms with Crippen LogP contribution in [-0.4, -0.2) is 63.3 Å². The Kier molecular flexibility index (Phi) is 5.14. The molecule has 0 atom stereocenters. The van der Waals surface area contributed by atoms with Crippen LogP contribution in [0.2, 0.25) is 0 Å². The number of rotatable bonds is 4. The highest BCUT2D eigenvalue weighted by Crippen LogP contribution is 2.27. The second kappa shape index (κ2) is 7.96. The molecular weight excluding hydrogens is 390 g/mol. The zero-order chi connectivity index (χ0) is 21.5. The van der Waals surface area contributed by atoms with E-state index < -0.39 is 0 Å². The van der Waals surface area contributed by atoms with E-state index in [0.717, 1.165) is 68.2 Å². The van der Waals surface area contributed by atoms with Crippen molar-refractivity contribution < 1.29 is 9.53 Å². The summed E-state index contributed by atoms with van der Waals surface area (Å²) in [5.74, 6) is 1.10. The summed E-state index contributed by atoms with van der Waals surface area (Å²) in [6.07, 6.45) is 2.78. The first-order valence-electron chi connectivity index (χ1n) is 11.1. The maximum absolute atomic E-state index is 13.4. The summed E-state index contributed by atoms with van der Waals surface area (Å²) in [6.45, 7) is 11.0. The molecule has 7 nitrogen and oxygen atoms in total. The molecule has 0 aliphatic carbocycles. The van der Waals surface area contributed by atoms with Gasteiger partial charge in [-0.2, -0.15) is 5.10 Å². The predicted octanol–water partition coefficient (Wildman–Crippen LogP) is 3.21. The Bertz CT molecular complexity index is 1130. The second-order valence-corrected chi connectivity index (χ2v) is 8.84. The van der Waals surface area contributed by atoms with Gasteiger partial charge >= 0.3 is 0 Å². The van der Waals surface area contributed by atoms with E-state index >= 15 is 0 Å². The lowest BCUT2D eigenvalue weighted by molar-refractivity contribution is 0.0630. The third kappa shape index (κ3) is 3.78. The first kappa shape index (κ1) is 20.0. The van der Waals surface area contributed by atoms with Crippen LogP contribution in [0.1, 0.15) is 47.1 Å². The lowest BCUT2D eigenvalue weighted by Crippen LogP contribution is -2.48. The Morgan fingerprint density at radius 2 is 1.97 bits per heavy atom. The van der Waals surface area contributed by atoms with Crippen LogP contribution in [0.3, 0.4) is 0 Å². The van der Waals surface area contributed by atoms with Gasteiger partial charge in [-0.1, -0.05) is 12.1 Å². The predicted molar refractivity (Wildman–Crippen MR) is 119 cm³/mol. The fraction of sp³-hybridized carbons (Fsp3) is 0.458. The molecule has 0 saturated carbocycles. The number of aryl methyl sites for hydroxylation is 1. The number of fused-ring (bicyclic) bond motifs is 2. The molecule has 7 heteroatoms. The van der Waals surface area contributed by atoms with Crippen LogP contribution >= 0.6 is 0 Å². The molecule has 2 aliphatic heterocycles. The van der Waals surface area contributed by atoms with Gasteiger partial charge in [0.2, 0.25) is 0 Å². The van der Waals surface area contributed by atoms with Gasteiger partial charge in [0.15, 0.2) is 5.65 Å². The number of carbonyl (C=O) groups is 1. The number of piperazine rings is 1. The van der Waals surface area contributed by atoms with E-state index in [-0.39, 0.29) is 11.9 Å². The molecule has 3 aromatic rings. The molecule has 0 unspecified atom stereocenters. The van der Waals surface area contributed by atoms with E-state index in [0.29, 0.717) is 5.56 Å². The number of benzene rings is 1. The molecule has 31 heavy (non-hydrogen) atoms. The molecule has 1 aromatic carbocycles. The lowest BCUT2D eigenvalue weighted by atomic mass is 10.1. The molecule has 5 rings (SSSR count). The number of aromatic nitrogens is 3. The Morgan fingerprint density at radius 1 is 1.16 bits per heavy atom. The molecule has 0 spiro atoms. The molecule has 1 saturated heterocycles. The monoisotopic (exact) mass is 419 g/mol. The average molecular weight is 420 g/mol. The fourth-order valence-electron chi connectivity index (χ4n) is 4.57. The SMILES string of the molecule is Cc1cc(C(=O)N2CCN(Cc3ccc4c(c3)CCO4)CC2)c2cnn(C(C)C)c2n1. The van der Waals surface area contributed by atoms with Crippen LogP contribution < -0.4 is 4.74 Å². The van der Waals surface area contributed by atoms with Gasteiger partial charge in [0.05, 0.1) is 23.8 Å². The van der Waals surface area contributed by atoms with Gasteiger partial charge in [0.1, 0.15) is 5.75 Å². The minimum atomic E-state index is 0.0770. The third-order valence-electron chi connectivity index (χ3n) is 6.23. The van der Waals surface area contributed by atoms with Crippen LogP contribution in [0, 0.1) is 6.92 Å². The van der Waals surface area contributed by atoms with Gasteiger partial charge in [0, 0.05) is 50.9 Å². The summed E-state index contributed by atoms with van der Waals surface area (Å²) < 4.78 is 7.50. The highest BCUT2D eigenvalue weighted by Gasteiger charge is 2.25. The van der Waals surface area contributed by atoms with E-state index in [9.17, 15) is 4.79 Å². The summed E-state index contributed by atoms with van der Waals surface area (Å²) >= 11 is 0. The molecule has 2 aliphatic rings. The van der Waals surface area contributed by atoms with Crippen LogP contribution in [0.15, 0.2) is 30.5 Å². The number of amides is 1. The summed E-state index contributed by atoms with van der Waals surface area (Å²) in [6, 6.07) is 8.61. The molecule has 0 radical (unpaired) electrons. The number of hydrogen-bond acceptors (Lipinski definition) is 5. The standard InChI is InChI=1S/C24H29N5O2/c1-16(2)29-23-21(14-25-29)20(12-17(3)26-23)24(30)28-9-7-27(8-10-28)15-18-4-5-22-19(13-18)6-11-31-22/h4-5,12-14,16H,6-11,15H2,1-3H3. The van der Waals surface area contributed by atoms with Gasteiger partial charge < -0.3 is 9.64 Å². The first-order valence-corrected chi connectivity index (χ1v) is 11.1. The van der Waals surface area contributed by atoms with Gasteiger partial charge in [-0.05, 0) is 44.0 Å². The first-order chi connectivity index (χ1) is 15.0. The molecule has 0 N–H and O–H groups in total. The van der Waals surface area contributed by atoms with Crippen molar-refractivity contribution in [2.45, 2.75) is 39.8 Å². The molecule has 1 fully saturated rings. The molecule has 0 bridgehead atoms. The number of carbonyl (C=O) groups excluding carboxylic acids is 1. The Balaban J connectivity index is 1.28. The van der Waals surface area contributed by atoms with Crippen LogP contribution in [0.25, 0.3) is 11.0 Å². The summed E-state index contributed by atoms with van der Waals surface area (Å²) in [7, 11) is 0. The largest absolute Gasteiger partial charge is 0.493 e. The van der Waals surface area contributed by atoms with Gasteiger partial charge in [0.25, 0.3) is 5.91 Å². The topological polar surface area (TPSA) is 63.5 Å². The Hall–Kier alpha value is -2.93. The molecule has 2 aromatic heterocycles. The van der Waals surface area contributed by atoms with Crippen molar-refractivity contribution in [3.63, 3.8) is 0 Å². The summed E-state index contributed by atoms with van der Waals surface area (Å²) in [5.41, 5.74) is 4.97. The normalized spacial score (nSPS) is 16.7. The average Bonchev–Trinajstić information content (AvgIpc) is 3.39. The van der Waals surface area contributed by atoms with E-state index in [1.165, 1.54) is 11.1 Å². The minimum Gasteiger partial charge on any atom is -0.493 e. The number of hydrogen-bond donors (Lipinski definition) is 0. The smallest absolute Gasteiger partial charge is 0.254 e. The fourth-order valence-corrected chi connectivity index (χ4v) is 4.57. The van der Waals surface area contributed by atoms with Crippen LogP contribution in [0.4, 0.5) is 0 Å².